The van der Waals surface area contributed by atoms with Gasteiger partial charge in [0.15, 0.2) is 11.2 Å². The molecule has 0 radical (unpaired) electrons. The second-order valence-corrected chi connectivity index (χ2v) is 13.4. The predicted octanol–water partition coefficient (Wildman–Crippen LogP) is 4.01. The number of nitrogens with two attached hydrogens (primary N) is 1. The number of aromatic hydroxyl groups is 1. The Labute approximate surface area is 268 Å². The van der Waals surface area contributed by atoms with Crippen molar-refractivity contribution in [1.29, 1.82) is 0 Å². The van der Waals surface area contributed by atoms with Crippen molar-refractivity contribution in [2.75, 3.05) is 29.9 Å². The van der Waals surface area contributed by atoms with Crippen LogP contribution in [0.4, 0.5) is 11.5 Å². The molecular weight excluding hydrogens is 616 g/mol. The highest BCUT2D eigenvalue weighted by Gasteiger charge is 2.47. The summed E-state index contributed by atoms with van der Waals surface area (Å²) in [5.41, 5.74) is 7.03. The maximum atomic E-state index is 13.1. The van der Waals surface area contributed by atoms with Crippen molar-refractivity contribution in [1.82, 2.24) is 24.5 Å². The van der Waals surface area contributed by atoms with Gasteiger partial charge in [0.25, 0.3) is 11.5 Å². The van der Waals surface area contributed by atoms with Gasteiger partial charge in [0.1, 0.15) is 22.2 Å². The number of pyridine rings is 1. The molecule has 1 aromatic carbocycles. The summed E-state index contributed by atoms with van der Waals surface area (Å²) < 4.78 is 7.31. The van der Waals surface area contributed by atoms with E-state index in [0.29, 0.717) is 39.9 Å². The van der Waals surface area contributed by atoms with Crippen molar-refractivity contribution in [3.8, 4) is 5.88 Å². The molecule has 3 aromatic heterocycles. The summed E-state index contributed by atoms with van der Waals surface area (Å²) in [4.78, 5) is 47.2. The van der Waals surface area contributed by atoms with Crippen LogP contribution in [-0.4, -0.2) is 67.4 Å². The van der Waals surface area contributed by atoms with Crippen LogP contribution in [-0.2, 0) is 17.7 Å². The number of hydrogen-bond donors (Lipinski definition) is 3. The lowest BCUT2D eigenvalue weighted by molar-refractivity contribution is 0.0974. The fourth-order valence-electron chi connectivity index (χ4n) is 6.50. The fraction of sp³-hybridized carbons (Fsp3) is 0.419. The number of hydrogen-bond acceptors (Lipinski definition) is 11. The van der Waals surface area contributed by atoms with E-state index in [2.05, 4.69) is 27.1 Å². The summed E-state index contributed by atoms with van der Waals surface area (Å²) in [5, 5.41) is 13.9. The molecule has 4 N–H and O–H groups in total. The SMILES string of the molecule is C[C@@H]1OCC2(CCN(c3ccc4nc(Sc5cccc(NC(=O)c6c(O)nc7n(c6=O)CCCC7)c5Cl)cnc4n3)CC2)[C@@H]1N. The lowest BCUT2D eigenvalue weighted by Gasteiger charge is -2.41. The zero-order chi connectivity index (χ0) is 31.3. The summed E-state index contributed by atoms with van der Waals surface area (Å²) in [5.74, 6) is -0.0141. The first-order valence-corrected chi connectivity index (χ1v) is 16.3. The van der Waals surface area contributed by atoms with Crippen LogP contribution in [0.5, 0.6) is 5.88 Å². The van der Waals surface area contributed by atoms with Gasteiger partial charge in [-0.2, -0.15) is 4.98 Å². The van der Waals surface area contributed by atoms with Gasteiger partial charge in [-0.25, -0.2) is 15.0 Å². The molecule has 2 saturated heterocycles. The molecule has 1 amide bonds. The highest BCUT2D eigenvalue weighted by molar-refractivity contribution is 7.99. The average Bonchev–Trinajstić information content (AvgIpc) is 3.31. The lowest BCUT2D eigenvalue weighted by atomic mass is 9.73. The van der Waals surface area contributed by atoms with Crippen LogP contribution >= 0.6 is 23.4 Å². The minimum Gasteiger partial charge on any atom is -0.493 e. The summed E-state index contributed by atoms with van der Waals surface area (Å²) in [6, 6.07) is 9.10. The molecule has 7 rings (SSSR count). The summed E-state index contributed by atoms with van der Waals surface area (Å²) in [7, 11) is 0. The van der Waals surface area contributed by atoms with Crippen molar-refractivity contribution in [2.24, 2.45) is 11.1 Å². The van der Waals surface area contributed by atoms with Gasteiger partial charge in [-0.1, -0.05) is 29.4 Å². The van der Waals surface area contributed by atoms with Crippen molar-refractivity contribution in [3.05, 3.63) is 63.3 Å². The first kappa shape index (κ1) is 29.9. The Balaban J connectivity index is 1.05. The molecule has 6 heterocycles. The third-order valence-corrected chi connectivity index (χ3v) is 10.7. The van der Waals surface area contributed by atoms with Gasteiger partial charge in [0.05, 0.1) is 29.6 Å². The number of nitrogens with one attached hydrogen (secondary N) is 1. The van der Waals surface area contributed by atoms with Gasteiger partial charge in [0, 0.05) is 42.4 Å². The molecule has 14 heteroatoms. The number of amides is 1. The molecule has 1 spiro atoms. The molecule has 0 bridgehead atoms. The van der Waals surface area contributed by atoms with Crippen LogP contribution in [0.1, 0.15) is 48.8 Å². The van der Waals surface area contributed by atoms with Crippen molar-refractivity contribution in [3.63, 3.8) is 0 Å². The first-order chi connectivity index (χ1) is 21.7. The fourth-order valence-corrected chi connectivity index (χ4v) is 7.61. The monoisotopic (exact) mass is 648 g/mol. The van der Waals surface area contributed by atoms with E-state index in [1.807, 2.05) is 12.1 Å². The molecule has 0 unspecified atom stereocenters. The van der Waals surface area contributed by atoms with Crippen LogP contribution in [0.2, 0.25) is 5.02 Å². The first-order valence-electron chi connectivity index (χ1n) is 15.1. The summed E-state index contributed by atoms with van der Waals surface area (Å²) in [6.07, 6.45) is 5.92. The normalized spacial score (nSPS) is 20.8. The Morgan fingerprint density at radius 3 is 2.76 bits per heavy atom. The topological polar surface area (TPSA) is 161 Å². The Bertz CT molecular complexity index is 1860. The summed E-state index contributed by atoms with van der Waals surface area (Å²) in [6.45, 7) is 4.94. The molecule has 12 nitrogen and oxygen atoms in total. The second-order valence-electron chi connectivity index (χ2n) is 11.9. The van der Waals surface area contributed by atoms with Crippen LogP contribution in [0.25, 0.3) is 11.2 Å². The largest absolute Gasteiger partial charge is 0.493 e. The molecule has 0 saturated carbocycles. The van der Waals surface area contributed by atoms with Gasteiger partial charge >= 0.3 is 0 Å². The zero-order valence-corrected chi connectivity index (χ0v) is 26.3. The number of benzene rings is 1. The second kappa shape index (κ2) is 11.9. The smallest absolute Gasteiger partial charge is 0.270 e. The van der Waals surface area contributed by atoms with Crippen molar-refractivity contribution >= 4 is 51.9 Å². The Hall–Kier alpha value is -3.78. The number of aryl methyl sites for hydroxylation is 1. The van der Waals surface area contributed by atoms with E-state index in [9.17, 15) is 14.7 Å². The van der Waals surface area contributed by atoms with E-state index >= 15 is 0 Å². The molecule has 3 aliphatic rings. The van der Waals surface area contributed by atoms with E-state index in [1.165, 1.54) is 16.3 Å². The number of fused-ring (bicyclic) bond motifs is 2. The molecular formula is C31H33ClN8O4S. The van der Waals surface area contributed by atoms with E-state index in [4.69, 9.17) is 32.0 Å². The van der Waals surface area contributed by atoms with E-state index in [1.54, 1.807) is 24.4 Å². The highest BCUT2D eigenvalue weighted by Crippen LogP contribution is 2.42. The van der Waals surface area contributed by atoms with Crippen LogP contribution in [0, 0.1) is 5.41 Å². The predicted molar refractivity (Wildman–Crippen MR) is 171 cm³/mol. The molecule has 2 atom stereocenters. The number of ether oxygens (including phenoxy) is 1. The van der Waals surface area contributed by atoms with Gasteiger partial charge in [0.2, 0.25) is 5.88 Å². The Kier molecular flexibility index (Phi) is 7.88. The molecule has 3 aliphatic heterocycles. The van der Waals surface area contributed by atoms with E-state index in [-0.39, 0.29) is 28.3 Å². The quantitative estimate of drug-likeness (QED) is 0.287. The molecule has 234 valence electrons. The third kappa shape index (κ3) is 5.51. The average molecular weight is 649 g/mol. The van der Waals surface area contributed by atoms with Crippen LogP contribution in [0.3, 0.4) is 0 Å². The Morgan fingerprint density at radius 2 is 1.98 bits per heavy atom. The maximum Gasteiger partial charge on any atom is 0.270 e. The number of carbonyl (C=O) groups is 1. The molecule has 45 heavy (non-hydrogen) atoms. The lowest BCUT2D eigenvalue weighted by Crippen LogP contribution is -2.50. The number of piperidine rings is 1. The minimum absolute atomic E-state index is 0.0398. The molecule has 0 aliphatic carbocycles. The highest BCUT2D eigenvalue weighted by atomic mass is 35.5. The van der Waals surface area contributed by atoms with E-state index < -0.39 is 22.9 Å². The van der Waals surface area contributed by atoms with Crippen molar-refractivity contribution < 1.29 is 14.6 Å². The standard InChI is InChI=1S/C31H33ClN8O4S/c1-17-26(33)31(16-44-17)10-13-39(14-11-31)21-9-8-19-27(37-21)34-15-23(35-19)45-20-6-4-5-18(25(20)32)36-28(41)24-29(42)38-22-7-2-3-12-40(22)30(24)43/h4-6,8-9,15,17,26,42H,2-3,7,10-14,16,33H2,1H3,(H,36,41)/t17-,26+/m0/s1. The number of nitrogens with zero attached hydrogens (tertiary/aromatic N) is 6. The van der Waals surface area contributed by atoms with Gasteiger partial charge in [-0.15, -0.1) is 0 Å². The van der Waals surface area contributed by atoms with Gasteiger partial charge in [-0.3, -0.25) is 14.2 Å². The summed E-state index contributed by atoms with van der Waals surface area (Å²) >= 11 is 7.98. The number of carbonyl (C=O) groups excluding carboxylic acids is 1. The number of rotatable bonds is 5. The number of anilines is 2. The number of halogens is 1. The Morgan fingerprint density at radius 1 is 1.16 bits per heavy atom. The maximum absolute atomic E-state index is 13.1. The van der Waals surface area contributed by atoms with Gasteiger partial charge < -0.3 is 25.8 Å². The van der Waals surface area contributed by atoms with Crippen molar-refractivity contribution in [2.45, 2.75) is 67.6 Å². The minimum atomic E-state index is -0.778. The van der Waals surface area contributed by atoms with Crippen LogP contribution < -0.4 is 21.5 Å². The zero-order valence-electron chi connectivity index (χ0n) is 24.7. The van der Waals surface area contributed by atoms with Gasteiger partial charge in [-0.05, 0) is 56.9 Å². The molecule has 4 aromatic rings. The molecule has 2 fully saturated rings. The van der Waals surface area contributed by atoms with Crippen LogP contribution in [0.15, 0.2) is 51.2 Å². The third-order valence-electron chi connectivity index (χ3n) is 9.21. The number of aromatic nitrogens is 5. The van der Waals surface area contributed by atoms with E-state index in [0.717, 1.165) is 51.2 Å².